The minimum Gasteiger partial charge on any atom is -0.461 e. The molecule has 0 aromatic heterocycles. The van der Waals surface area contributed by atoms with E-state index in [2.05, 4.69) is 0 Å². The summed E-state index contributed by atoms with van der Waals surface area (Å²) in [5, 5.41) is 0.109. The van der Waals surface area contributed by atoms with Gasteiger partial charge in [-0.1, -0.05) is 43.8 Å². The average molecular weight is 395 g/mol. The summed E-state index contributed by atoms with van der Waals surface area (Å²) in [5.74, 6) is 0.241. The molecule has 2 atom stereocenters. The third-order valence-corrected chi connectivity index (χ3v) is 7.16. The fourth-order valence-electron chi connectivity index (χ4n) is 3.37. The van der Waals surface area contributed by atoms with Gasteiger partial charge in [-0.15, -0.1) is 0 Å². The highest BCUT2D eigenvalue weighted by Gasteiger charge is 2.61. The molecular formula is C19H22O5S2. The molecule has 1 heterocycles. The zero-order valence-electron chi connectivity index (χ0n) is 15.0. The molecule has 2 aliphatic rings. The van der Waals surface area contributed by atoms with Gasteiger partial charge in [0.2, 0.25) is 5.12 Å². The van der Waals surface area contributed by atoms with Crippen LogP contribution in [0.25, 0.3) is 0 Å². The lowest BCUT2D eigenvalue weighted by Crippen LogP contribution is -2.11. The van der Waals surface area contributed by atoms with E-state index >= 15 is 0 Å². The predicted octanol–water partition coefficient (Wildman–Crippen LogP) is 3.00. The molecule has 0 spiro atoms. The molecule has 1 aromatic rings. The highest BCUT2D eigenvalue weighted by atomic mass is 32.2. The van der Waals surface area contributed by atoms with Gasteiger partial charge in [-0.3, -0.25) is 9.59 Å². The summed E-state index contributed by atoms with van der Waals surface area (Å²) in [6.45, 7) is 4.03. The second-order valence-corrected chi connectivity index (χ2v) is 10.5. The van der Waals surface area contributed by atoms with Crippen LogP contribution in [-0.4, -0.2) is 31.5 Å². The number of hydrogen-bond acceptors (Lipinski definition) is 6. The molecular weight excluding hydrogens is 372 g/mol. The Morgan fingerprint density at radius 1 is 1.38 bits per heavy atom. The lowest BCUT2D eigenvalue weighted by Gasteiger charge is -2.07. The molecule has 5 nitrogen and oxygen atoms in total. The number of benzene rings is 1. The van der Waals surface area contributed by atoms with E-state index in [9.17, 15) is 18.0 Å². The molecule has 0 bridgehead atoms. The first-order chi connectivity index (χ1) is 12.1. The summed E-state index contributed by atoms with van der Waals surface area (Å²) < 4.78 is 28.7. The standard InChI is InChI=1S/C19H22O5S2/c1-19(2)15(10-13-7-8-25-18(13)21)16(19)17(20)24-11-12-5-4-6-14(9-12)26(3,22)23/h4-6,9-10,15-16H,7-8,11H2,1-3H3/b13-10+. The van der Waals surface area contributed by atoms with Crippen LogP contribution in [0.4, 0.5) is 0 Å². The molecule has 0 radical (unpaired) electrons. The van der Waals surface area contributed by atoms with Crippen LogP contribution in [0.5, 0.6) is 0 Å². The molecule has 7 heteroatoms. The zero-order valence-corrected chi connectivity index (χ0v) is 16.7. The van der Waals surface area contributed by atoms with Gasteiger partial charge < -0.3 is 4.74 Å². The van der Waals surface area contributed by atoms with E-state index in [1.807, 2.05) is 19.9 Å². The Kier molecular flexibility index (Phi) is 5.05. The molecule has 1 aromatic carbocycles. The molecule has 1 saturated carbocycles. The van der Waals surface area contributed by atoms with E-state index in [-0.39, 0.29) is 39.8 Å². The first-order valence-corrected chi connectivity index (χ1v) is 11.3. The third kappa shape index (κ3) is 3.88. The maximum Gasteiger partial charge on any atom is 0.310 e. The summed E-state index contributed by atoms with van der Waals surface area (Å²) >= 11 is 1.32. The Bertz CT molecular complexity index is 883. The highest BCUT2D eigenvalue weighted by molar-refractivity contribution is 8.14. The van der Waals surface area contributed by atoms with E-state index < -0.39 is 9.84 Å². The molecule has 1 aliphatic heterocycles. The number of rotatable bonds is 5. The monoisotopic (exact) mass is 394 g/mol. The summed E-state index contributed by atoms with van der Waals surface area (Å²) in [6, 6.07) is 6.41. The van der Waals surface area contributed by atoms with Gasteiger partial charge in [-0.2, -0.15) is 0 Å². The number of sulfone groups is 1. The lowest BCUT2D eigenvalue weighted by molar-refractivity contribution is -0.147. The van der Waals surface area contributed by atoms with Crippen molar-refractivity contribution in [3.05, 3.63) is 41.5 Å². The van der Waals surface area contributed by atoms with Gasteiger partial charge in [0.05, 0.1) is 10.8 Å². The van der Waals surface area contributed by atoms with E-state index in [4.69, 9.17) is 4.74 Å². The Morgan fingerprint density at radius 2 is 2.12 bits per heavy atom. The van der Waals surface area contributed by atoms with Crippen LogP contribution >= 0.6 is 11.8 Å². The largest absolute Gasteiger partial charge is 0.461 e. The van der Waals surface area contributed by atoms with Crippen molar-refractivity contribution >= 4 is 32.7 Å². The number of carbonyl (C=O) groups excluding carboxylic acids is 2. The number of ether oxygens (including phenoxy) is 1. The maximum atomic E-state index is 12.5. The highest BCUT2D eigenvalue weighted by Crippen LogP contribution is 2.60. The van der Waals surface area contributed by atoms with E-state index in [1.54, 1.807) is 12.1 Å². The number of carbonyl (C=O) groups is 2. The normalized spacial score (nSPS) is 26.1. The van der Waals surface area contributed by atoms with Gasteiger partial charge in [-0.25, -0.2) is 8.42 Å². The van der Waals surface area contributed by atoms with Crippen molar-refractivity contribution in [2.24, 2.45) is 17.3 Å². The van der Waals surface area contributed by atoms with Crippen LogP contribution in [0.1, 0.15) is 25.8 Å². The lowest BCUT2D eigenvalue weighted by atomic mass is 10.1. The first kappa shape index (κ1) is 19.2. The predicted molar refractivity (Wildman–Crippen MR) is 100 cm³/mol. The quantitative estimate of drug-likeness (QED) is 0.564. The summed E-state index contributed by atoms with van der Waals surface area (Å²) in [7, 11) is -3.30. The van der Waals surface area contributed by atoms with Crippen molar-refractivity contribution in [1.29, 1.82) is 0 Å². The molecule has 140 valence electrons. The summed E-state index contributed by atoms with van der Waals surface area (Å²) in [4.78, 5) is 24.5. The number of esters is 1. The second-order valence-electron chi connectivity index (χ2n) is 7.43. The smallest absolute Gasteiger partial charge is 0.310 e. The zero-order chi connectivity index (χ0) is 19.1. The SMILES string of the molecule is CC1(C)C(/C=C2\CCSC2=O)C1C(=O)OCc1cccc(S(C)(=O)=O)c1. The molecule has 1 aliphatic carbocycles. The van der Waals surface area contributed by atoms with Gasteiger partial charge >= 0.3 is 5.97 Å². The molecule has 3 rings (SSSR count). The van der Waals surface area contributed by atoms with Crippen LogP contribution < -0.4 is 0 Å². The van der Waals surface area contributed by atoms with Gasteiger partial charge in [0.1, 0.15) is 6.61 Å². The Balaban J connectivity index is 1.65. The molecule has 2 unspecified atom stereocenters. The number of thioether (sulfide) groups is 1. The molecule has 0 N–H and O–H groups in total. The van der Waals surface area contributed by atoms with E-state index in [0.29, 0.717) is 5.56 Å². The van der Waals surface area contributed by atoms with Crippen molar-refractivity contribution in [3.63, 3.8) is 0 Å². The van der Waals surface area contributed by atoms with E-state index in [1.165, 1.54) is 23.9 Å². The van der Waals surface area contributed by atoms with Crippen molar-refractivity contribution in [1.82, 2.24) is 0 Å². The van der Waals surface area contributed by atoms with Crippen LogP contribution in [0, 0.1) is 17.3 Å². The van der Waals surface area contributed by atoms with Crippen molar-refractivity contribution < 1.29 is 22.7 Å². The van der Waals surface area contributed by atoms with Crippen LogP contribution in [0.2, 0.25) is 0 Å². The molecule has 0 amide bonds. The maximum absolute atomic E-state index is 12.5. The van der Waals surface area contributed by atoms with Gasteiger partial charge in [0, 0.05) is 17.6 Å². The van der Waals surface area contributed by atoms with Crippen molar-refractivity contribution in [3.8, 4) is 0 Å². The van der Waals surface area contributed by atoms with Gasteiger partial charge in [0.15, 0.2) is 9.84 Å². The average Bonchev–Trinajstić information content (AvgIpc) is 2.86. The van der Waals surface area contributed by atoms with Crippen LogP contribution in [0.3, 0.4) is 0 Å². The molecule has 26 heavy (non-hydrogen) atoms. The fraction of sp³-hybridized carbons (Fsp3) is 0.474. The van der Waals surface area contributed by atoms with Crippen molar-refractivity contribution in [2.75, 3.05) is 12.0 Å². The summed E-state index contributed by atoms with van der Waals surface area (Å²) in [5.41, 5.74) is 1.22. The van der Waals surface area contributed by atoms with Gasteiger partial charge in [-0.05, 0) is 35.4 Å². The topological polar surface area (TPSA) is 77.5 Å². The van der Waals surface area contributed by atoms with Crippen molar-refractivity contribution in [2.45, 2.75) is 31.8 Å². The number of hydrogen-bond donors (Lipinski definition) is 0. The number of allylic oxidation sites excluding steroid dienone is 1. The fourth-order valence-corrected chi connectivity index (χ4v) is 4.92. The second kappa shape index (κ2) is 6.85. The van der Waals surface area contributed by atoms with Crippen LogP contribution in [-0.2, 0) is 30.8 Å². The summed E-state index contributed by atoms with van der Waals surface area (Å²) in [6.07, 6.45) is 3.85. The Labute approximate surface area is 158 Å². The Morgan fingerprint density at radius 3 is 2.73 bits per heavy atom. The Hall–Kier alpha value is -1.60. The molecule has 1 saturated heterocycles. The third-order valence-electron chi connectivity index (χ3n) is 5.12. The van der Waals surface area contributed by atoms with Gasteiger partial charge in [0.25, 0.3) is 0 Å². The van der Waals surface area contributed by atoms with Crippen LogP contribution in [0.15, 0.2) is 40.8 Å². The minimum absolute atomic E-state index is 0.00926. The van der Waals surface area contributed by atoms with E-state index in [0.717, 1.165) is 24.0 Å². The first-order valence-electron chi connectivity index (χ1n) is 8.44. The minimum atomic E-state index is -3.30. The molecule has 2 fully saturated rings.